The highest BCUT2D eigenvalue weighted by molar-refractivity contribution is 9.10. The maximum atomic E-state index is 11.8. The maximum Gasteiger partial charge on any atom is 0.275 e. The van der Waals surface area contributed by atoms with E-state index in [0.717, 1.165) is 10.0 Å². The molecule has 4 nitrogen and oxygen atoms in total. The molecule has 0 fully saturated rings. The molecule has 0 atom stereocenters. The molecule has 0 unspecified atom stereocenters. The lowest BCUT2D eigenvalue weighted by atomic mass is 10.3. The summed E-state index contributed by atoms with van der Waals surface area (Å²) in [7, 11) is 0. The fraction of sp³-hybridized carbons (Fsp3) is 0.0833. The molecule has 86 valence electrons. The van der Waals surface area contributed by atoms with Crippen molar-refractivity contribution in [1.82, 2.24) is 9.97 Å². The zero-order valence-electron chi connectivity index (χ0n) is 9.14. The van der Waals surface area contributed by atoms with E-state index in [1.54, 1.807) is 30.6 Å². The second-order valence-corrected chi connectivity index (χ2v) is 4.45. The zero-order valence-corrected chi connectivity index (χ0v) is 10.7. The monoisotopic (exact) mass is 291 g/mol. The first-order valence-corrected chi connectivity index (χ1v) is 5.80. The number of pyridine rings is 2. The first-order valence-electron chi connectivity index (χ1n) is 5.01. The Morgan fingerprint density at radius 1 is 1.29 bits per heavy atom. The van der Waals surface area contributed by atoms with Crippen LogP contribution >= 0.6 is 15.9 Å². The molecule has 0 saturated heterocycles. The van der Waals surface area contributed by atoms with E-state index >= 15 is 0 Å². The molecule has 0 radical (unpaired) electrons. The van der Waals surface area contributed by atoms with Crippen LogP contribution in [0.1, 0.15) is 16.1 Å². The van der Waals surface area contributed by atoms with E-state index < -0.39 is 0 Å². The fourth-order valence-corrected chi connectivity index (χ4v) is 1.53. The van der Waals surface area contributed by atoms with E-state index in [-0.39, 0.29) is 5.91 Å². The van der Waals surface area contributed by atoms with Gasteiger partial charge >= 0.3 is 0 Å². The van der Waals surface area contributed by atoms with Gasteiger partial charge in [0.2, 0.25) is 0 Å². The van der Waals surface area contributed by atoms with Crippen molar-refractivity contribution in [2.24, 2.45) is 0 Å². The standard InChI is InChI=1S/C12H10BrN3O/c1-8-4-5-14-11(6-8)16-12(17)10-3-2-9(13)7-15-10/h2-7H,1H3,(H,14,16,17). The number of aryl methyl sites for hydroxylation is 1. The van der Waals surface area contributed by atoms with Crippen LogP contribution in [0, 0.1) is 6.92 Å². The Balaban J connectivity index is 2.14. The van der Waals surface area contributed by atoms with E-state index in [0.29, 0.717) is 11.5 Å². The van der Waals surface area contributed by atoms with E-state index in [1.165, 1.54) is 0 Å². The van der Waals surface area contributed by atoms with E-state index in [2.05, 4.69) is 31.2 Å². The van der Waals surface area contributed by atoms with Crippen molar-refractivity contribution in [3.8, 4) is 0 Å². The number of carbonyl (C=O) groups excluding carboxylic acids is 1. The van der Waals surface area contributed by atoms with Crippen molar-refractivity contribution >= 4 is 27.7 Å². The van der Waals surface area contributed by atoms with Crippen LogP contribution in [0.4, 0.5) is 5.82 Å². The zero-order chi connectivity index (χ0) is 12.3. The van der Waals surface area contributed by atoms with Crippen LogP contribution in [0.3, 0.4) is 0 Å². The van der Waals surface area contributed by atoms with Crippen molar-refractivity contribution in [1.29, 1.82) is 0 Å². The molecular weight excluding hydrogens is 282 g/mol. The quantitative estimate of drug-likeness (QED) is 0.926. The molecule has 2 aromatic rings. The van der Waals surface area contributed by atoms with Crippen LogP contribution in [0.15, 0.2) is 41.1 Å². The highest BCUT2D eigenvalue weighted by Crippen LogP contribution is 2.10. The Labute approximate surface area is 107 Å². The number of hydrogen-bond acceptors (Lipinski definition) is 3. The second-order valence-electron chi connectivity index (χ2n) is 3.53. The van der Waals surface area contributed by atoms with E-state index in [9.17, 15) is 4.79 Å². The number of aromatic nitrogens is 2. The van der Waals surface area contributed by atoms with Crippen molar-refractivity contribution < 1.29 is 4.79 Å². The molecule has 5 heteroatoms. The van der Waals surface area contributed by atoms with Gasteiger partial charge in [-0.15, -0.1) is 0 Å². The molecule has 2 aromatic heterocycles. The maximum absolute atomic E-state index is 11.8. The third-order valence-corrected chi connectivity index (χ3v) is 2.59. The number of nitrogens with zero attached hydrogens (tertiary/aromatic N) is 2. The Kier molecular flexibility index (Phi) is 3.49. The summed E-state index contributed by atoms with van der Waals surface area (Å²) >= 11 is 3.26. The minimum absolute atomic E-state index is 0.268. The lowest BCUT2D eigenvalue weighted by Crippen LogP contribution is -2.14. The molecule has 1 N–H and O–H groups in total. The van der Waals surface area contributed by atoms with Gasteiger partial charge in [0.05, 0.1) is 0 Å². The molecule has 0 saturated carbocycles. The average molecular weight is 292 g/mol. The van der Waals surface area contributed by atoms with Crippen molar-refractivity contribution in [3.63, 3.8) is 0 Å². The van der Waals surface area contributed by atoms with Gasteiger partial charge in [-0.1, -0.05) is 0 Å². The largest absolute Gasteiger partial charge is 0.305 e. The minimum Gasteiger partial charge on any atom is -0.305 e. The number of rotatable bonds is 2. The average Bonchev–Trinajstić information content (AvgIpc) is 2.29. The third kappa shape index (κ3) is 3.10. The predicted molar refractivity (Wildman–Crippen MR) is 68.9 cm³/mol. The van der Waals surface area contributed by atoms with Crippen molar-refractivity contribution in [2.45, 2.75) is 6.92 Å². The molecule has 0 spiro atoms. The Hall–Kier alpha value is -1.75. The second kappa shape index (κ2) is 5.05. The summed E-state index contributed by atoms with van der Waals surface area (Å²) in [6, 6.07) is 7.09. The van der Waals surface area contributed by atoms with Gasteiger partial charge in [0.15, 0.2) is 0 Å². The smallest absolute Gasteiger partial charge is 0.275 e. The lowest BCUT2D eigenvalue weighted by molar-refractivity contribution is 0.102. The molecule has 0 aliphatic carbocycles. The van der Waals surface area contributed by atoms with Gasteiger partial charge < -0.3 is 5.32 Å². The van der Waals surface area contributed by atoms with Gasteiger partial charge in [-0.05, 0) is 52.7 Å². The molecule has 0 aliphatic rings. The molecule has 2 rings (SSSR count). The SMILES string of the molecule is Cc1ccnc(NC(=O)c2ccc(Br)cn2)c1. The van der Waals surface area contributed by atoms with Crippen molar-refractivity contribution in [3.05, 3.63) is 52.4 Å². The Morgan fingerprint density at radius 2 is 2.12 bits per heavy atom. The van der Waals surface area contributed by atoms with Crippen LogP contribution in [0.5, 0.6) is 0 Å². The van der Waals surface area contributed by atoms with Gasteiger partial charge in [0.1, 0.15) is 11.5 Å². The van der Waals surface area contributed by atoms with Gasteiger partial charge in [0.25, 0.3) is 5.91 Å². The topological polar surface area (TPSA) is 54.9 Å². The lowest BCUT2D eigenvalue weighted by Gasteiger charge is -2.04. The number of anilines is 1. The summed E-state index contributed by atoms with van der Waals surface area (Å²) in [6.45, 7) is 1.94. The number of amides is 1. The van der Waals surface area contributed by atoms with E-state index in [4.69, 9.17) is 0 Å². The van der Waals surface area contributed by atoms with Crippen LogP contribution < -0.4 is 5.32 Å². The summed E-state index contributed by atoms with van der Waals surface area (Å²) in [5.74, 6) is 0.260. The number of nitrogens with one attached hydrogen (secondary N) is 1. The summed E-state index contributed by atoms with van der Waals surface area (Å²) in [5, 5.41) is 2.69. The highest BCUT2D eigenvalue weighted by Gasteiger charge is 2.07. The molecule has 0 aromatic carbocycles. The van der Waals surface area contributed by atoms with Crippen LogP contribution in [-0.4, -0.2) is 15.9 Å². The Bertz CT molecular complexity index is 540. The summed E-state index contributed by atoms with van der Waals surface area (Å²) in [5.41, 5.74) is 1.40. The summed E-state index contributed by atoms with van der Waals surface area (Å²) in [4.78, 5) is 19.9. The van der Waals surface area contributed by atoms with Crippen molar-refractivity contribution in [2.75, 3.05) is 5.32 Å². The number of hydrogen-bond donors (Lipinski definition) is 1. The number of carbonyl (C=O) groups is 1. The molecule has 0 bridgehead atoms. The van der Waals surface area contributed by atoms with Crippen LogP contribution in [0.25, 0.3) is 0 Å². The van der Waals surface area contributed by atoms with Gasteiger partial charge in [-0.3, -0.25) is 4.79 Å². The summed E-state index contributed by atoms with van der Waals surface area (Å²) in [6.07, 6.45) is 3.23. The molecule has 2 heterocycles. The van der Waals surface area contributed by atoms with Crippen LogP contribution in [-0.2, 0) is 0 Å². The van der Waals surface area contributed by atoms with Gasteiger partial charge in [-0.2, -0.15) is 0 Å². The normalized spacial score (nSPS) is 10.0. The summed E-state index contributed by atoms with van der Waals surface area (Å²) < 4.78 is 0.836. The number of halogens is 1. The highest BCUT2D eigenvalue weighted by atomic mass is 79.9. The fourth-order valence-electron chi connectivity index (χ4n) is 1.30. The van der Waals surface area contributed by atoms with E-state index in [1.807, 2.05) is 13.0 Å². The minimum atomic E-state index is -0.268. The third-order valence-electron chi connectivity index (χ3n) is 2.12. The van der Waals surface area contributed by atoms with Crippen LogP contribution in [0.2, 0.25) is 0 Å². The predicted octanol–water partition coefficient (Wildman–Crippen LogP) is 2.80. The molecule has 0 aliphatic heterocycles. The molecular formula is C12H10BrN3O. The first-order chi connectivity index (χ1) is 8.15. The Morgan fingerprint density at radius 3 is 2.76 bits per heavy atom. The molecule has 1 amide bonds. The van der Waals surface area contributed by atoms with Gasteiger partial charge in [-0.25, -0.2) is 9.97 Å². The van der Waals surface area contributed by atoms with Gasteiger partial charge in [0, 0.05) is 16.9 Å². The first kappa shape index (κ1) is 11.7. The molecule has 17 heavy (non-hydrogen) atoms.